The van der Waals surface area contributed by atoms with Crippen molar-refractivity contribution in [3.05, 3.63) is 85.4 Å². The molecule has 5 heteroatoms. The Labute approximate surface area is 181 Å². The van der Waals surface area contributed by atoms with Crippen molar-refractivity contribution in [3.63, 3.8) is 0 Å². The second kappa shape index (κ2) is 8.38. The summed E-state index contributed by atoms with van der Waals surface area (Å²) in [5.41, 5.74) is 6.55. The van der Waals surface area contributed by atoms with E-state index < -0.39 is 0 Å². The van der Waals surface area contributed by atoms with Gasteiger partial charge in [0.15, 0.2) is 5.17 Å². The summed E-state index contributed by atoms with van der Waals surface area (Å²) >= 11 is 8.73. The summed E-state index contributed by atoms with van der Waals surface area (Å²) in [6.07, 6.45) is 7.75. The molecule has 0 fully saturated rings. The topological polar surface area (TPSA) is 24.4 Å². The maximum Gasteiger partial charge on any atom is 0.161 e. The first kappa shape index (κ1) is 19.0. The number of halogens is 2. The molecular weight excluding hydrogens is 484 g/mol. The van der Waals surface area contributed by atoms with Gasteiger partial charge in [-0.15, -0.1) is 0 Å². The molecule has 0 radical (unpaired) electrons. The predicted molar refractivity (Wildman–Crippen MR) is 124 cm³/mol. The van der Waals surface area contributed by atoms with E-state index in [0.717, 1.165) is 27.0 Å². The van der Waals surface area contributed by atoms with Crippen LogP contribution in [0.3, 0.4) is 0 Å². The maximum absolute atomic E-state index is 5.00. The van der Waals surface area contributed by atoms with Crippen molar-refractivity contribution < 1.29 is 0 Å². The molecule has 0 spiro atoms. The Morgan fingerprint density at radius 3 is 2.33 bits per heavy atom. The van der Waals surface area contributed by atoms with Gasteiger partial charge in [-0.25, -0.2) is 4.99 Å². The van der Waals surface area contributed by atoms with Gasteiger partial charge in [-0.3, -0.25) is 0 Å². The van der Waals surface area contributed by atoms with Gasteiger partial charge in [-0.2, -0.15) is 0 Å². The highest BCUT2D eigenvalue weighted by atomic mass is 79.9. The number of aliphatic imine (C=N–C) groups is 1. The summed E-state index contributed by atoms with van der Waals surface area (Å²) in [5.74, 6) is 0. The number of benzene rings is 2. The second-order valence-electron chi connectivity index (χ2n) is 6.69. The molecule has 0 aromatic heterocycles. The van der Waals surface area contributed by atoms with Gasteiger partial charge in [0.2, 0.25) is 0 Å². The van der Waals surface area contributed by atoms with Crippen LogP contribution in [0.1, 0.15) is 36.4 Å². The van der Waals surface area contributed by atoms with Crippen LogP contribution in [0.4, 0.5) is 0 Å². The number of rotatable bonds is 2. The average molecular weight is 504 g/mol. The molecule has 27 heavy (non-hydrogen) atoms. The normalized spacial score (nSPS) is 20.9. The van der Waals surface area contributed by atoms with E-state index in [2.05, 4.69) is 98.0 Å². The first-order valence-corrected chi connectivity index (χ1v) is 11.8. The standard InChI is InChI=1S/C22H20Br2N2S/c1-27-22-25-20(15-7-11-18(24)12-8-15)19-4-2-3-16(21(19)26-22)13-14-5-9-17(23)10-6-14/h5-13,20H,2-4H2,1H3,(H,25,26)/t20-/m1/s1. The van der Waals surface area contributed by atoms with Crippen LogP contribution in [-0.2, 0) is 0 Å². The Kier molecular flexibility index (Phi) is 5.90. The minimum absolute atomic E-state index is 0.102. The fourth-order valence-electron chi connectivity index (χ4n) is 3.62. The zero-order valence-corrected chi connectivity index (χ0v) is 19.0. The van der Waals surface area contributed by atoms with Crippen molar-refractivity contribution in [1.82, 2.24) is 5.32 Å². The molecular formula is C22H20Br2N2S. The van der Waals surface area contributed by atoms with Gasteiger partial charge in [0.25, 0.3) is 0 Å². The quantitative estimate of drug-likeness (QED) is 0.472. The molecule has 138 valence electrons. The van der Waals surface area contributed by atoms with Crippen molar-refractivity contribution in [2.75, 3.05) is 6.26 Å². The van der Waals surface area contributed by atoms with E-state index in [1.165, 1.54) is 34.4 Å². The van der Waals surface area contributed by atoms with Crippen molar-refractivity contribution in [1.29, 1.82) is 0 Å². The first-order chi connectivity index (χ1) is 13.1. The van der Waals surface area contributed by atoms with Crippen molar-refractivity contribution in [2.24, 2.45) is 4.99 Å². The van der Waals surface area contributed by atoms with Crippen LogP contribution in [0.2, 0.25) is 0 Å². The average Bonchev–Trinajstić information content (AvgIpc) is 2.70. The van der Waals surface area contributed by atoms with E-state index in [9.17, 15) is 0 Å². The third-order valence-electron chi connectivity index (χ3n) is 4.93. The number of hydrogen-bond acceptors (Lipinski definition) is 3. The van der Waals surface area contributed by atoms with E-state index >= 15 is 0 Å². The van der Waals surface area contributed by atoms with Gasteiger partial charge < -0.3 is 5.32 Å². The molecule has 1 aliphatic heterocycles. The molecule has 2 nitrogen and oxygen atoms in total. The highest BCUT2D eigenvalue weighted by Crippen LogP contribution is 2.41. The molecule has 1 N–H and O–H groups in total. The van der Waals surface area contributed by atoms with Gasteiger partial charge in [-0.1, -0.05) is 67.9 Å². The fraction of sp³-hybridized carbons (Fsp3) is 0.227. The minimum Gasteiger partial charge on any atom is -0.335 e. The van der Waals surface area contributed by atoms with E-state index in [4.69, 9.17) is 4.99 Å². The summed E-state index contributed by atoms with van der Waals surface area (Å²) in [6, 6.07) is 17.2. The van der Waals surface area contributed by atoms with E-state index in [-0.39, 0.29) is 6.04 Å². The number of thioether (sulfide) groups is 1. The molecule has 1 heterocycles. The van der Waals surface area contributed by atoms with Gasteiger partial charge in [0.05, 0.1) is 0 Å². The molecule has 0 saturated carbocycles. The monoisotopic (exact) mass is 502 g/mol. The third kappa shape index (κ3) is 4.25. The molecule has 0 unspecified atom stereocenters. The van der Waals surface area contributed by atoms with E-state index in [1.807, 2.05) is 0 Å². The number of nitrogens with zero attached hydrogens (tertiary/aromatic N) is 1. The molecule has 2 aromatic rings. The lowest BCUT2D eigenvalue weighted by molar-refractivity contribution is 0.659. The summed E-state index contributed by atoms with van der Waals surface area (Å²) in [7, 11) is 0. The fourth-order valence-corrected chi connectivity index (χ4v) is 4.57. The summed E-state index contributed by atoms with van der Waals surface area (Å²) in [5, 5.41) is 4.59. The Morgan fingerprint density at radius 2 is 1.67 bits per heavy atom. The highest BCUT2D eigenvalue weighted by Gasteiger charge is 2.29. The summed E-state index contributed by atoms with van der Waals surface area (Å²) in [4.78, 5) is 5.00. The SMILES string of the molecule is CSC1=N[C@H](c2ccc(Br)cc2)C2=C(N1)C(=Cc1ccc(Br)cc1)CCC2. The number of hydrogen-bond donors (Lipinski definition) is 1. The van der Waals surface area contributed by atoms with Gasteiger partial charge in [0, 0.05) is 14.6 Å². The van der Waals surface area contributed by atoms with Crippen LogP contribution in [0.15, 0.2) is 79.3 Å². The third-order valence-corrected chi connectivity index (χ3v) is 6.58. The molecule has 2 aromatic carbocycles. The van der Waals surface area contributed by atoms with Crippen LogP contribution in [0.5, 0.6) is 0 Å². The van der Waals surface area contributed by atoms with Crippen molar-refractivity contribution in [2.45, 2.75) is 25.3 Å². The van der Waals surface area contributed by atoms with Gasteiger partial charge in [0.1, 0.15) is 6.04 Å². The zero-order valence-electron chi connectivity index (χ0n) is 15.0. The molecule has 1 aliphatic carbocycles. The van der Waals surface area contributed by atoms with Gasteiger partial charge in [-0.05, 0) is 78.1 Å². The molecule has 0 amide bonds. The maximum atomic E-state index is 5.00. The predicted octanol–water partition coefficient (Wildman–Crippen LogP) is 7.10. The van der Waals surface area contributed by atoms with Crippen LogP contribution >= 0.6 is 43.6 Å². The Hall–Kier alpha value is -1.30. The molecule has 2 aliphatic rings. The largest absolute Gasteiger partial charge is 0.335 e. The first-order valence-electron chi connectivity index (χ1n) is 8.98. The van der Waals surface area contributed by atoms with Crippen LogP contribution in [0.25, 0.3) is 6.08 Å². The zero-order chi connectivity index (χ0) is 18.8. The molecule has 4 rings (SSSR count). The lowest BCUT2D eigenvalue weighted by Gasteiger charge is -2.32. The van der Waals surface area contributed by atoms with Crippen molar-refractivity contribution in [3.8, 4) is 0 Å². The van der Waals surface area contributed by atoms with Crippen LogP contribution < -0.4 is 5.32 Å². The Bertz CT molecular complexity index is 928. The Morgan fingerprint density at radius 1 is 1.00 bits per heavy atom. The lowest BCUT2D eigenvalue weighted by Crippen LogP contribution is -2.30. The number of allylic oxidation sites excluding steroid dienone is 1. The van der Waals surface area contributed by atoms with Crippen LogP contribution in [-0.4, -0.2) is 11.4 Å². The smallest absolute Gasteiger partial charge is 0.161 e. The molecule has 0 bridgehead atoms. The van der Waals surface area contributed by atoms with E-state index in [1.54, 1.807) is 11.8 Å². The second-order valence-corrected chi connectivity index (χ2v) is 9.32. The molecule has 0 saturated heterocycles. The number of amidine groups is 1. The Balaban J connectivity index is 1.76. The highest BCUT2D eigenvalue weighted by molar-refractivity contribution is 9.10. The summed E-state index contributed by atoms with van der Waals surface area (Å²) in [6.45, 7) is 0. The number of nitrogens with one attached hydrogen (secondary N) is 1. The van der Waals surface area contributed by atoms with Crippen molar-refractivity contribution >= 4 is 54.9 Å². The lowest BCUT2D eigenvalue weighted by atomic mass is 9.84. The van der Waals surface area contributed by atoms with E-state index in [0.29, 0.717) is 0 Å². The summed E-state index contributed by atoms with van der Waals surface area (Å²) < 4.78 is 2.21. The van der Waals surface area contributed by atoms with Crippen LogP contribution in [0, 0.1) is 0 Å². The van der Waals surface area contributed by atoms with Gasteiger partial charge >= 0.3 is 0 Å². The molecule has 1 atom stereocenters. The minimum atomic E-state index is 0.102.